The van der Waals surface area contributed by atoms with Crippen LogP contribution in [0.4, 0.5) is 4.39 Å². The molecule has 2 atom stereocenters. The lowest BCUT2D eigenvalue weighted by Gasteiger charge is -2.27. The molecule has 7 heteroatoms. The summed E-state index contributed by atoms with van der Waals surface area (Å²) in [7, 11) is 0. The maximum Gasteiger partial charge on any atom is 0.291 e. The molecule has 3 aromatic rings. The Hall–Kier alpha value is -2.70. The van der Waals surface area contributed by atoms with E-state index in [9.17, 15) is 14.0 Å². The normalized spacial score (nSPS) is 21.2. The topological polar surface area (TPSA) is 59.8 Å². The summed E-state index contributed by atoms with van der Waals surface area (Å²) in [4.78, 5) is 28.1. The lowest BCUT2D eigenvalue weighted by atomic mass is 9.98. The van der Waals surface area contributed by atoms with Gasteiger partial charge in [0.2, 0.25) is 5.76 Å². The van der Waals surface area contributed by atoms with Gasteiger partial charge in [-0.15, -0.1) is 0 Å². The summed E-state index contributed by atoms with van der Waals surface area (Å²) in [5.41, 5.74) is 0.761. The molecule has 0 N–H and O–H groups in total. The Morgan fingerprint density at radius 2 is 1.93 bits per heavy atom. The van der Waals surface area contributed by atoms with E-state index in [0.29, 0.717) is 18.2 Å². The smallest absolute Gasteiger partial charge is 0.291 e. The molecule has 2 aliphatic heterocycles. The van der Waals surface area contributed by atoms with Crippen LogP contribution in [0.25, 0.3) is 11.0 Å². The van der Waals surface area contributed by atoms with Crippen LogP contribution in [0, 0.1) is 5.82 Å². The Kier molecular flexibility index (Phi) is 4.41. The highest BCUT2D eigenvalue weighted by atomic mass is 35.5. The Labute approximate surface area is 170 Å². The molecule has 148 valence electrons. The van der Waals surface area contributed by atoms with Gasteiger partial charge in [0.05, 0.1) is 23.1 Å². The first-order chi connectivity index (χ1) is 14.0. The second kappa shape index (κ2) is 6.97. The predicted molar refractivity (Wildman–Crippen MR) is 106 cm³/mol. The van der Waals surface area contributed by atoms with Gasteiger partial charge in [-0.05, 0) is 48.7 Å². The summed E-state index contributed by atoms with van der Waals surface area (Å²) in [5.74, 6) is -0.890. The number of carbonyl (C=O) groups excluding carboxylic acids is 1. The van der Waals surface area contributed by atoms with Crippen molar-refractivity contribution in [2.24, 2.45) is 0 Å². The lowest BCUT2D eigenvalue weighted by Crippen LogP contribution is -2.36. The molecule has 1 amide bonds. The highest BCUT2D eigenvalue weighted by molar-refractivity contribution is 6.30. The van der Waals surface area contributed by atoms with Crippen LogP contribution < -0.4 is 5.43 Å². The minimum absolute atomic E-state index is 0.00653. The van der Waals surface area contributed by atoms with E-state index < -0.39 is 17.3 Å². The van der Waals surface area contributed by atoms with Gasteiger partial charge in [0.1, 0.15) is 11.4 Å². The molecule has 2 aromatic carbocycles. The van der Waals surface area contributed by atoms with Gasteiger partial charge in [-0.1, -0.05) is 23.7 Å². The van der Waals surface area contributed by atoms with Crippen molar-refractivity contribution in [1.82, 2.24) is 4.90 Å². The van der Waals surface area contributed by atoms with Crippen LogP contribution in [0.3, 0.4) is 0 Å². The van der Waals surface area contributed by atoms with Gasteiger partial charge in [0, 0.05) is 18.2 Å². The molecule has 29 heavy (non-hydrogen) atoms. The van der Waals surface area contributed by atoms with Gasteiger partial charge >= 0.3 is 0 Å². The number of nitrogens with zero attached hydrogens (tertiary/aromatic N) is 1. The number of ether oxygens (including phenoxy) is 1. The summed E-state index contributed by atoms with van der Waals surface area (Å²) >= 11 is 6.03. The molecule has 0 bridgehead atoms. The Morgan fingerprint density at radius 1 is 1.14 bits per heavy atom. The molecule has 0 radical (unpaired) electrons. The summed E-state index contributed by atoms with van der Waals surface area (Å²) in [6.45, 7) is 1.01. The Bertz CT molecular complexity index is 1170. The van der Waals surface area contributed by atoms with Crippen molar-refractivity contribution >= 4 is 28.5 Å². The van der Waals surface area contributed by atoms with Gasteiger partial charge in [-0.25, -0.2) is 4.39 Å². The highest BCUT2D eigenvalue weighted by Gasteiger charge is 2.43. The maximum absolute atomic E-state index is 13.8. The number of hydrogen-bond donors (Lipinski definition) is 0. The zero-order valence-corrected chi connectivity index (χ0v) is 16.1. The van der Waals surface area contributed by atoms with E-state index in [4.69, 9.17) is 20.8 Å². The van der Waals surface area contributed by atoms with Gasteiger partial charge in [-0.3, -0.25) is 9.59 Å². The van der Waals surface area contributed by atoms with E-state index in [1.807, 2.05) is 0 Å². The van der Waals surface area contributed by atoms with Crippen LogP contribution in [0.1, 0.15) is 40.6 Å². The van der Waals surface area contributed by atoms with Crippen LogP contribution in [0.5, 0.6) is 0 Å². The quantitative estimate of drug-likeness (QED) is 0.642. The number of amides is 1. The molecular formula is C22H17ClFNO4. The first kappa shape index (κ1) is 18.3. The first-order valence-electron chi connectivity index (χ1n) is 9.47. The number of rotatable bonds is 3. The molecular weight excluding hydrogens is 397 g/mol. The number of carbonyl (C=O) groups is 1. The van der Waals surface area contributed by atoms with E-state index in [1.54, 1.807) is 29.2 Å². The van der Waals surface area contributed by atoms with Crippen LogP contribution in [0.15, 0.2) is 51.7 Å². The first-order valence-corrected chi connectivity index (χ1v) is 9.85. The number of hydrogen-bond acceptors (Lipinski definition) is 4. The minimum Gasteiger partial charge on any atom is -0.450 e. The number of halogens is 2. The fraction of sp³-hybridized carbons (Fsp3) is 0.273. The average Bonchev–Trinajstić information content (AvgIpc) is 3.32. The number of fused-ring (bicyclic) bond motifs is 2. The molecule has 1 aromatic heterocycles. The SMILES string of the molecule is O=C1c2oc3ccc(F)cc3c(=O)c2[C@H](c2ccc(Cl)cc2)N1C[C@H]1CCCO1. The zero-order valence-electron chi connectivity index (χ0n) is 15.4. The molecule has 1 fully saturated rings. The van der Waals surface area contributed by atoms with Crippen molar-refractivity contribution < 1.29 is 18.3 Å². The Balaban J connectivity index is 1.71. The van der Waals surface area contributed by atoms with Gasteiger partial charge in [-0.2, -0.15) is 0 Å². The largest absolute Gasteiger partial charge is 0.450 e. The van der Waals surface area contributed by atoms with Crippen molar-refractivity contribution in [3.63, 3.8) is 0 Å². The molecule has 0 spiro atoms. The molecule has 0 aliphatic carbocycles. The van der Waals surface area contributed by atoms with Crippen molar-refractivity contribution in [3.8, 4) is 0 Å². The van der Waals surface area contributed by atoms with E-state index in [0.717, 1.165) is 24.5 Å². The Morgan fingerprint density at radius 3 is 2.66 bits per heavy atom. The third-order valence-electron chi connectivity index (χ3n) is 5.54. The molecule has 0 unspecified atom stereocenters. The molecule has 5 rings (SSSR count). The van der Waals surface area contributed by atoms with Gasteiger partial charge in [0.25, 0.3) is 5.91 Å². The van der Waals surface area contributed by atoms with E-state index >= 15 is 0 Å². The predicted octanol–water partition coefficient (Wildman–Crippen LogP) is 4.31. The van der Waals surface area contributed by atoms with Crippen molar-refractivity contribution in [2.45, 2.75) is 25.0 Å². The fourth-order valence-corrected chi connectivity index (χ4v) is 4.31. The second-order valence-corrected chi connectivity index (χ2v) is 7.80. The van der Waals surface area contributed by atoms with Crippen LogP contribution >= 0.6 is 11.6 Å². The molecule has 0 saturated carbocycles. The van der Waals surface area contributed by atoms with Gasteiger partial charge < -0.3 is 14.1 Å². The summed E-state index contributed by atoms with van der Waals surface area (Å²) in [6, 6.07) is 10.1. The third-order valence-corrected chi connectivity index (χ3v) is 5.79. The third kappa shape index (κ3) is 3.03. The van der Waals surface area contributed by atoms with Crippen LogP contribution in [-0.4, -0.2) is 30.1 Å². The van der Waals surface area contributed by atoms with E-state index in [1.165, 1.54) is 12.1 Å². The minimum atomic E-state index is -0.636. The van der Waals surface area contributed by atoms with Crippen LogP contribution in [0.2, 0.25) is 5.02 Å². The van der Waals surface area contributed by atoms with Crippen molar-refractivity contribution in [2.75, 3.05) is 13.2 Å². The molecule has 1 saturated heterocycles. The van der Waals surface area contributed by atoms with E-state index in [2.05, 4.69) is 0 Å². The highest BCUT2D eigenvalue weighted by Crippen LogP contribution is 2.39. The molecule has 5 nitrogen and oxygen atoms in total. The maximum atomic E-state index is 13.8. The summed E-state index contributed by atoms with van der Waals surface area (Å²) in [6.07, 6.45) is 1.69. The summed E-state index contributed by atoms with van der Waals surface area (Å²) in [5, 5.41) is 0.672. The van der Waals surface area contributed by atoms with Crippen LogP contribution in [-0.2, 0) is 4.74 Å². The summed E-state index contributed by atoms with van der Waals surface area (Å²) < 4.78 is 25.3. The monoisotopic (exact) mass is 413 g/mol. The second-order valence-electron chi connectivity index (χ2n) is 7.36. The average molecular weight is 414 g/mol. The van der Waals surface area contributed by atoms with Crippen molar-refractivity contribution in [1.29, 1.82) is 0 Å². The fourth-order valence-electron chi connectivity index (χ4n) is 4.18. The van der Waals surface area contributed by atoms with Crippen molar-refractivity contribution in [3.05, 3.63) is 80.4 Å². The zero-order chi connectivity index (χ0) is 20.1. The van der Waals surface area contributed by atoms with E-state index in [-0.39, 0.29) is 34.3 Å². The molecule has 2 aliphatic rings. The number of benzene rings is 2. The van der Waals surface area contributed by atoms with Gasteiger partial charge in [0.15, 0.2) is 5.43 Å². The standard InChI is InChI=1S/C22H17ClFNO4/c23-13-5-3-12(4-6-13)19-18-20(26)16-10-14(24)7-8-17(16)29-21(18)22(27)25(19)11-15-2-1-9-28-15/h3-8,10,15,19H,1-2,9,11H2/t15-,19+/m1/s1. The molecule has 3 heterocycles. The lowest BCUT2D eigenvalue weighted by molar-refractivity contribution is 0.0486.